The van der Waals surface area contributed by atoms with Crippen LogP contribution in [-0.4, -0.2) is 23.7 Å². The zero-order valence-corrected chi connectivity index (χ0v) is 40.6. The summed E-state index contributed by atoms with van der Waals surface area (Å²) >= 11 is 1.76. The molecule has 0 unspecified atom stereocenters. The van der Waals surface area contributed by atoms with Crippen LogP contribution < -0.4 is 0 Å². The van der Waals surface area contributed by atoms with Gasteiger partial charge in [0.2, 0.25) is 5.95 Å². The second-order valence-corrected chi connectivity index (χ2v) is 20.3. The van der Waals surface area contributed by atoms with Gasteiger partial charge in [0.25, 0.3) is 0 Å². The molecule has 16 aromatic rings. The zero-order chi connectivity index (χ0) is 48.4. The van der Waals surface area contributed by atoms with E-state index >= 15 is 0 Å². The summed E-state index contributed by atoms with van der Waals surface area (Å²) in [4.78, 5) is 12.5. The van der Waals surface area contributed by atoms with E-state index in [0.717, 1.165) is 86.9 Å². The first-order chi connectivity index (χ1) is 36.7. The van der Waals surface area contributed by atoms with E-state index in [4.69, 9.17) is 9.97 Å². The molecule has 0 N–H and O–H groups in total. The number of hydrogen-bond donors (Lipinski definition) is 0. The van der Waals surface area contributed by atoms with Crippen molar-refractivity contribution in [3.05, 3.63) is 249 Å². The minimum Gasteiger partial charge on any atom is -0.309 e. The number of benzene rings is 11. The van der Waals surface area contributed by atoms with E-state index < -0.39 is 0 Å². The average molecular weight is 960 g/mol. The first-order valence-electron chi connectivity index (χ1n) is 25.1. The summed E-state index contributed by atoms with van der Waals surface area (Å²) < 4.78 is 8.18. The van der Waals surface area contributed by atoms with Crippen molar-refractivity contribution in [3.8, 4) is 50.1 Å². The van der Waals surface area contributed by atoms with Gasteiger partial charge in [0.1, 0.15) is 0 Å². The molecule has 0 amide bonds. The molecule has 0 aliphatic carbocycles. The number of para-hydroxylation sites is 3. The van der Waals surface area contributed by atoms with Crippen LogP contribution in [0.1, 0.15) is 0 Å². The normalized spacial score (nSPS) is 12.1. The highest BCUT2D eigenvalue weighted by Crippen LogP contribution is 2.46. The SMILES string of the molecule is c1ccc(-c2cc3nc(-n4c5ccc(-c6cccc7c6c6c8ccccc8ccc6n7-c6ccccc6)cc5c5ccc6ccccc6c54)nc(-c4ccc5c(c4)c4ccccc4n5-c4ccccc4)c3s2)cc1. The van der Waals surface area contributed by atoms with Crippen LogP contribution >= 0.6 is 11.3 Å². The standard InChI is InChI=1S/C68H41N5S/c1-4-19-44(20-5-1)62-41-56-67(74-62)65(46-34-37-58-54(40-46)52-27-14-15-29-57(52)71(58)47-21-6-2-7-22-47)70-68(69-56)73-59-36-33-45(39-55(59)53-35-31-43-18-11-13-26-51(43)66(53)73)50-28-16-30-60-64(50)63-49-25-12-10-17-42(49)32-38-61(63)72(60)48-23-8-3-9-24-48/h1-41H. The van der Waals surface area contributed by atoms with Crippen molar-refractivity contribution in [1.82, 2.24) is 23.7 Å². The molecule has 0 aliphatic rings. The maximum Gasteiger partial charge on any atom is 0.235 e. The Morgan fingerprint density at radius 3 is 1.66 bits per heavy atom. The minimum atomic E-state index is 0.639. The van der Waals surface area contributed by atoms with Crippen LogP contribution in [0.4, 0.5) is 0 Å². The third-order valence-electron chi connectivity index (χ3n) is 15.2. The third-order valence-corrected chi connectivity index (χ3v) is 16.4. The highest BCUT2D eigenvalue weighted by molar-refractivity contribution is 7.22. The van der Waals surface area contributed by atoms with Crippen molar-refractivity contribution >= 4 is 109 Å². The van der Waals surface area contributed by atoms with Crippen LogP contribution in [0.3, 0.4) is 0 Å². The van der Waals surface area contributed by atoms with Crippen LogP contribution in [0, 0.1) is 0 Å². The monoisotopic (exact) mass is 959 g/mol. The number of rotatable bonds is 6. The molecule has 0 atom stereocenters. The molecule has 0 bridgehead atoms. The fourth-order valence-electron chi connectivity index (χ4n) is 12.0. The van der Waals surface area contributed by atoms with Gasteiger partial charge in [-0.3, -0.25) is 4.57 Å². The van der Waals surface area contributed by atoms with Gasteiger partial charge in [-0.25, -0.2) is 9.97 Å². The Labute approximate surface area is 428 Å². The van der Waals surface area contributed by atoms with Gasteiger partial charge in [-0.1, -0.05) is 176 Å². The number of hydrogen-bond acceptors (Lipinski definition) is 3. The molecule has 0 spiro atoms. The van der Waals surface area contributed by atoms with E-state index in [9.17, 15) is 0 Å². The molecule has 344 valence electrons. The van der Waals surface area contributed by atoms with E-state index in [2.05, 4.69) is 262 Å². The number of thiophene rings is 1. The summed E-state index contributed by atoms with van der Waals surface area (Å²) in [5, 5.41) is 12.0. The summed E-state index contributed by atoms with van der Waals surface area (Å²) in [5.41, 5.74) is 15.5. The Morgan fingerprint density at radius 1 is 0.324 bits per heavy atom. The lowest BCUT2D eigenvalue weighted by Crippen LogP contribution is -2.03. The molecular weight excluding hydrogens is 919 g/mol. The smallest absolute Gasteiger partial charge is 0.235 e. The van der Waals surface area contributed by atoms with Gasteiger partial charge in [-0.2, -0.15) is 0 Å². The molecule has 11 aromatic carbocycles. The predicted octanol–water partition coefficient (Wildman–Crippen LogP) is 18.3. The largest absolute Gasteiger partial charge is 0.309 e. The Bertz CT molecular complexity index is 4950. The van der Waals surface area contributed by atoms with E-state index in [1.807, 2.05) is 0 Å². The summed E-state index contributed by atoms with van der Waals surface area (Å²) in [6.07, 6.45) is 0. The van der Waals surface area contributed by atoms with Crippen molar-refractivity contribution in [2.75, 3.05) is 0 Å². The van der Waals surface area contributed by atoms with E-state index in [0.29, 0.717) is 5.95 Å². The van der Waals surface area contributed by atoms with Crippen molar-refractivity contribution < 1.29 is 0 Å². The molecule has 0 aliphatic heterocycles. The van der Waals surface area contributed by atoms with Gasteiger partial charge in [0, 0.05) is 59.5 Å². The van der Waals surface area contributed by atoms with Crippen LogP contribution in [0.25, 0.3) is 147 Å². The molecule has 16 rings (SSSR count). The molecule has 0 fully saturated rings. The molecular formula is C68H41N5S. The summed E-state index contributed by atoms with van der Waals surface area (Å²) in [6.45, 7) is 0. The first kappa shape index (κ1) is 41.0. The summed E-state index contributed by atoms with van der Waals surface area (Å²) in [7, 11) is 0. The fourth-order valence-corrected chi connectivity index (χ4v) is 13.1. The van der Waals surface area contributed by atoms with Crippen molar-refractivity contribution in [2.24, 2.45) is 0 Å². The number of nitrogens with zero attached hydrogens (tertiary/aromatic N) is 5. The molecule has 74 heavy (non-hydrogen) atoms. The van der Waals surface area contributed by atoms with Gasteiger partial charge in [0.05, 0.1) is 49.0 Å². The first-order valence-corrected chi connectivity index (χ1v) is 26.0. The molecule has 0 radical (unpaired) electrons. The Balaban J connectivity index is 0.968. The molecule has 5 nitrogen and oxygen atoms in total. The van der Waals surface area contributed by atoms with Crippen LogP contribution in [0.5, 0.6) is 0 Å². The summed E-state index contributed by atoms with van der Waals surface area (Å²) in [5.74, 6) is 0.639. The van der Waals surface area contributed by atoms with Gasteiger partial charge in [0.15, 0.2) is 0 Å². The minimum absolute atomic E-state index is 0.639. The second-order valence-electron chi connectivity index (χ2n) is 19.3. The predicted molar refractivity (Wildman–Crippen MR) is 312 cm³/mol. The van der Waals surface area contributed by atoms with Gasteiger partial charge in [-0.05, 0) is 106 Å². The van der Waals surface area contributed by atoms with E-state index in [1.165, 1.54) is 54.4 Å². The lowest BCUT2D eigenvalue weighted by atomic mass is 9.95. The molecule has 0 saturated carbocycles. The maximum atomic E-state index is 5.75. The fraction of sp³-hybridized carbons (Fsp3) is 0. The van der Waals surface area contributed by atoms with Gasteiger partial charge < -0.3 is 9.13 Å². The molecule has 5 heterocycles. The lowest BCUT2D eigenvalue weighted by molar-refractivity contribution is 1.02. The zero-order valence-electron chi connectivity index (χ0n) is 39.8. The molecule has 6 heteroatoms. The highest BCUT2D eigenvalue weighted by Gasteiger charge is 2.24. The maximum absolute atomic E-state index is 5.75. The van der Waals surface area contributed by atoms with Crippen LogP contribution in [0.2, 0.25) is 0 Å². The van der Waals surface area contributed by atoms with Crippen molar-refractivity contribution in [3.63, 3.8) is 0 Å². The number of fused-ring (bicyclic) bond motifs is 14. The Morgan fingerprint density at radius 2 is 0.878 bits per heavy atom. The van der Waals surface area contributed by atoms with Gasteiger partial charge >= 0.3 is 0 Å². The van der Waals surface area contributed by atoms with E-state index in [-0.39, 0.29) is 0 Å². The Kier molecular flexibility index (Phi) is 8.84. The van der Waals surface area contributed by atoms with Crippen molar-refractivity contribution in [2.45, 2.75) is 0 Å². The third kappa shape index (κ3) is 6.03. The van der Waals surface area contributed by atoms with Crippen molar-refractivity contribution in [1.29, 1.82) is 0 Å². The number of aromatic nitrogens is 5. The average Bonchev–Trinajstić information content (AvgIpc) is 4.24. The quantitative estimate of drug-likeness (QED) is 0.167. The topological polar surface area (TPSA) is 40.6 Å². The lowest BCUT2D eigenvalue weighted by Gasteiger charge is -2.12. The van der Waals surface area contributed by atoms with Crippen LogP contribution in [0.15, 0.2) is 249 Å². The molecule has 0 saturated heterocycles. The Hall–Kier alpha value is -9.62. The van der Waals surface area contributed by atoms with Gasteiger partial charge in [-0.15, -0.1) is 11.3 Å². The van der Waals surface area contributed by atoms with Crippen LogP contribution in [-0.2, 0) is 0 Å². The van der Waals surface area contributed by atoms with E-state index in [1.54, 1.807) is 11.3 Å². The summed E-state index contributed by atoms with van der Waals surface area (Å²) in [6, 6.07) is 90.3. The highest BCUT2D eigenvalue weighted by atomic mass is 32.1. The second kappa shape index (κ2) is 15.9. The molecule has 5 aromatic heterocycles.